The van der Waals surface area contributed by atoms with E-state index in [4.69, 9.17) is 4.74 Å². The monoisotopic (exact) mass is 278 g/mol. The third-order valence-electron chi connectivity index (χ3n) is 3.38. The van der Waals surface area contributed by atoms with Gasteiger partial charge in [-0.15, -0.1) is 0 Å². The van der Waals surface area contributed by atoms with Crippen LogP contribution in [0.25, 0.3) is 0 Å². The molecule has 2 unspecified atom stereocenters. The zero-order valence-electron chi connectivity index (χ0n) is 11.3. The van der Waals surface area contributed by atoms with Crippen LogP contribution in [-0.2, 0) is 0 Å². The predicted molar refractivity (Wildman–Crippen MR) is 72.7 cm³/mol. The van der Waals surface area contributed by atoms with Gasteiger partial charge in [-0.25, -0.2) is 8.78 Å². The third-order valence-corrected chi connectivity index (χ3v) is 3.38. The van der Waals surface area contributed by atoms with Crippen molar-refractivity contribution in [2.45, 2.75) is 18.9 Å². The van der Waals surface area contributed by atoms with Crippen LogP contribution in [-0.4, -0.2) is 12.2 Å². The highest BCUT2D eigenvalue weighted by molar-refractivity contribution is 5.34. The lowest BCUT2D eigenvalue weighted by molar-refractivity contribution is 0.142. The van der Waals surface area contributed by atoms with E-state index in [1.807, 2.05) is 30.3 Å². The summed E-state index contributed by atoms with van der Waals surface area (Å²) >= 11 is 0. The fraction of sp³-hybridized carbons (Fsp3) is 0.250. The Morgan fingerprint density at radius 3 is 2.10 bits per heavy atom. The number of benzene rings is 2. The number of hydrogen-bond donors (Lipinski definition) is 1. The smallest absolute Gasteiger partial charge is 0.135 e. The number of hydrogen-bond acceptors (Lipinski definition) is 2. The molecule has 0 heterocycles. The summed E-state index contributed by atoms with van der Waals surface area (Å²) in [6, 6.07) is 11.2. The topological polar surface area (TPSA) is 29.5 Å². The first-order valence-corrected chi connectivity index (χ1v) is 6.30. The van der Waals surface area contributed by atoms with Gasteiger partial charge in [0.05, 0.1) is 18.8 Å². The molecule has 2 nitrogen and oxygen atoms in total. The van der Waals surface area contributed by atoms with Gasteiger partial charge in [-0.2, -0.15) is 0 Å². The molecule has 4 heteroatoms. The lowest BCUT2D eigenvalue weighted by Gasteiger charge is -2.21. The Hall–Kier alpha value is -1.94. The zero-order valence-corrected chi connectivity index (χ0v) is 11.3. The molecule has 0 spiro atoms. The fourth-order valence-electron chi connectivity index (χ4n) is 2.15. The molecule has 0 bridgehead atoms. The van der Waals surface area contributed by atoms with Gasteiger partial charge in [0.25, 0.3) is 0 Å². The van der Waals surface area contributed by atoms with Gasteiger partial charge in [0.2, 0.25) is 0 Å². The van der Waals surface area contributed by atoms with E-state index in [2.05, 4.69) is 0 Å². The highest BCUT2D eigenvalue weighted by atomic mass is 19.1. The molecule has 0 aliphatic carbocycles. The van der Waals surface area contributed by atoms with Crippen molar-refractivity contribution >= 4 is 0 Å². The molecule has 20 heavy (non-hydrogen) atoms. The zero-order chi connectivity index (χ0) is 14.7. The molecule has 0 saturated carbocycles. The highest BCUT2D eigenvalue weighted by Crippen LogP contribution is 2.34. The van der Waals surface area contributed by atoms with Crippen molar-refractivity contribution in [1.29, 1.82) is 0 Å². The molecule has 106 valence electrons. The lowest BCUT2D eigenvalue weighted by Crippen LogP contribution is -2.12. The summed E-state index contributed by atoms with van der Waals surface area (Å²) in [7, 11) is 1.33. The van der Waals surface area contributed by atoms with E-state index < -0.39 is 23.7 Å². The van der Waals surface area contributed by atoms with E-state index in [0.717, 1.165) is 17.7 Å². The minimum Gasteiger partial charge on any atom is -0.497 e. The quantitative estimate of drug-likeness (QED) is 0.921. The number of rotatable bonds is 4. The van der Waals surface area contributed by atoms with Crippen LogP contribution in [0.1, 0.15) is 30.1 Å². The minimum absolute atomic E-state index is 0.0864. The number of ether oxygens (including phenoxy) is 1. The summed E-state index contributed by atoms with van der Waals surface area (Å²) in [5, 5.41) is 10.2. The Morgan fingerprint density at radius 2 is 1.60 bits per heavy atom. The van der Waals surface area contributed by atoms with Crippen molar-refractivity contribution in [2.75, 3.05) is 7.11 Å². The molecule has 0 radical (unpaired) electrons. The second-order valence-electron chi connectivity index (χ2n) is 4.65. The van der Waals surface area contributed by atoms with Crippen molar-refractivity contribution in [3.63, 3.8) is 0 Å². The lowest BCUT2D eigenvalue weighted by atomic mass is 9.90. The molecule has 1 N–H and O–H groups in total. The van der Waals surface area contributed by atoms with Gasteiger partial charge in [-0.1, -0.05) is 37.3 Å². The van der Waals surface area contributed by atoms with Gasteiger partial charge in [-0.05, 0) is 5.56 Å². The second kappa shape index (κ2) is 6.01. The highest BCUT2D eigenvalue weighted by Gasteiger charge is 2.25. The molecular weight excluding hydrogens is 262 g/mol. The Balaban J connectivity index is 2.36. The summed E-state index contributed by atoms with van der Waals surface area (Å²) in [5.74, 6) is -1.95. The first-order chi connectivity index (χ1) is 9.54. The Bertz CT molecular complexity index is 561. The van der Waals surface area contributed by atoms with Gasteiger partial charge in [0.1, 0.15) is 17.4 Å². The largest absolute Gasteiger partial charge is 0.497 e. The minimum atomic E-state index is -1.26. The van der Waals surface area contributed by atoms with Crippen molar-refractivity contribution in [3.8, 4) is 5.75 Å². The summed E-state index contributed by atoms with van der Waals surface area (Å²) < 4.78 is 32.7. The van der Waals surface area contributed by atoms with E-state index in [9.17, 15) is 13.9 Å². The van der Waals surface area contributed by atoms with Crippen LogP contribution in [0, 0.1) is 11.6 Å². The van der Waals surface area contributed by atoms with Crippen molar-refractivity contribution in [3.05, 3.63) is 65.2 Å². The van der Waals surface area contributed by atoms with E-state index in [0.29, 0.717) is 0 Å². The average molecular weight is 278 g/mol. The van der Waals surface area contributed by atoms with Crippen LogP contribution in [0.5, 0.6) is 5.75 Å². The number of aliphatic hydroxyl groups excluding tert-OH is 1. The Kier molecular flexibility index (Phi) is 4.35. The Morgan fingerprint density at radius 1 is 1.05 bits per heavy atom. The molecule has 2 aromatic rings. The van der Waals surface area contributed by atoms with E-state index in [1.54, 1.807) is 6.92 Å². The summed E-state index contributed by atoms with van der Waals surface area (Å²) in [6.45, 7) is 1.73. The molecule has 0 fully saturated rings. The third kappa shape index (κ3) is 2.80. The van der Waals surface area contributed by atoms with Gasteiger partial charge in [0, 0.05) is 18.1 Å². The van der Waals surface area contributed by atoms with Crippen LogP contribution in [0.2, 0.25) is 0 Å². The first kappa shape index (κ1) is 14.5. The van der Waals surface area contributed by atoms with Crippen molar-refractivity contribution in [2.24, 2.45) is 0 Å². The first-order valence-electron chi connectivity index (χ1n) is 6.30. The normalized spacial score (nSPS) is 13.8. The van der Waals surface area contributed by atoms with E-state index >= 15 is 0 Å². The van der Waals surface area contributed by atoms with Crippen molar-refractivity contribution in [1.82, 2.24) is 0 Å². The van der Waals surface area contributed by atoms with Crippen molar-refractivity contribution < 1.29 is 18.6 Å². The summed E-state index contributed by atoms with van der Waals surface area (Å²) in [4.78, 5) is 0. The molecule has 0 amide bonds. The molecule has 2 aromatic carbocycles. The van der Waals surface area contributed by atoms with Gasteiger partial charge < -0.3 is 9.84 Å². The molecule has 2 rings (SSSR count). The second-order valence-corrected chi connectivity index (χ2v) is 4.65. The molecule has 2 atom stereocenters. The van der Waals surface area contributed by atoms with Crippen LogP contribution < -0.4 is 4.74 Å². The van der Waals surface area contributed by atoms with Crippen LogP contribution in [0.3, 0.4) is 0 Å². The summed E-state index contributed by atoms with van der Waals surface area (Å²) in [5.41, 5.74) is 0.483. The molecule has 0 aliphatic rings. The number of aliphatic hydroxyl groups is 1. The van der Waals surface area contributed by atoms with E-state index in [1.165, 1.54) is 7.11 Å². The van der Waals surface area contributed by atoms with Crippen LogP contribution in [0.15, 0.2) is 42.5 Å². The standard InChI is InChI=1S/C16H16F2O2/c1-10(11-6-4-3-5-7-11)16(19)15-13(17)8-12(20-2)9-14(15)18/h3-10,16,19H,1-2H3. The number of halogens is 2. The van der Waals surface area contributed by atoms with Crippen LogP contribution in [0.4, 0.5) is 8.78 Å². The van der Waals surface area contributed by atoms with E-state index in [-0.39, 0.29) is 11.3 Å². The maximum absolute atomic E-state index is 13.9. The molecular formula is C16H16F2O2. The SMILES string of the molecule is COc1cc(F)c(C(O)C(C)c2ccccc2)c(F)c1. The number of methoxy groups -OCH3 is 1. The Labute approximate surface area is 116 Å². The average Bonchev–Trinajstić information content (AvgIpc) is 2.46. The van der Waals surface area contributed by atoms with Gasteiger partial charge in [0.15, 0.2) is 0 Å². The molecule has 0 aromatic heterocycles. The van der Waals surface area contributed by atoms with Gasteiger partial charge >= 0.3 is 0 Å². The maximum atomic E-state index is 13.9. The maximum Gasteiger partial charge on any atom is 0.135 e. The predicted octanol–water partition coefficient (Wildman–Crippen LogP) is 3.81. The summed E-state index contributed by atoms with van der Waals surface area (Å²) in [6.07, 6.45) is -1.26. The van der Waals surface area contributed by atoms with Gasteiger partial charge in [-0.3, -0.25) is 0 Å². The fourth-order valence-corrected chi connectivity index (χ4v) is 2.15. The molecule has 0 aliphatic heterocycles. The van der Waals surface area contributed by atoms with Crippen LogP contribution >= 0.6 is 0 Å². The molecule has 0 saturated heterocycles.